The van der Waals surface area contributed by atoms with Gasteiger partial charge in [-0.15, -0.1) is 0 Å². The van der Waals surface area contributed by atoms with Crippen molar-refractivity contribution in [1.29, 1.82) is 0 Å². The van der Waals surface area contributed by atoms with Crippen molar-refractivity contribution in [3.63, 3.8) is 0 Å². The molecule has 4 N–H and O–H groups in total. The smallest absolute Gasteiger partial charge is 0.249 e. The molecule has 2 aliphatic rings. The normalized spacial score (nSPS) is 22.7. The van der Waals surface area contributed by atoms with Gasteiger partial charge >= 0.3 is 0 Å². The average molecular weight is 328 g/mol. The highest BCUT2D eigenvalue weighted by atomic mass is 16.5. The van der Waals surface area contributed by atoms with Gasteiger partial charge in [-0.3, -0.25) is 4.79 Å². The molecule has 3 rings (SSSR count). The number of hydrogen-bond donors (Lipinski definition) is 2. The fraction of sp³-hybridized carbons (Fsp3) is 0.550. The Bertz CT molecular complexity index is 670. The number of ether oxygens (including phenoxy) is 1. The lowest BCUT2D eigenvalue weighted by atomic mass is 9.75. The molecule has 1 aromatic carbocycles. The topological polar surface area (TPSA) is 78.3 Å². The van der Waals surface area contributed by atoms with E-state index in [9.17, 15) is 4.79 Å². The van der Waals surface area contributed by atoms with Crippen molar-refractivity contribution in [2.75, 3.05) is 13.2 Å². The van der Waals surface area contributed by atoms with Crippen LogP contribution in [0.4, 0.5) is 0 Å². The first-order chi connectivity index (χ1) is 11.3. The van der Waals surface area contributed by atoms with Crippen LogP contribution in [0.15, 0.2) is 24.3 Å². The van der Waals surface area contributed by atoms with Crippen LogP contribution in [0, 0.1) is 5.41 Å². The minimum Gasteiger partial charge on any atom is -0.381 e. The highest BCUT2D eigenvalue weighted by Crippen LogP contribution is 2.40. The lowest BCUT2D eigenvalue weighted by molar-refractivity contribution is 0.0522. The molecule has 0 aromatic heterocycles. The predicted molar refractivity (Wildman–Crippen MR) is 96.5 cm³/mol. The maximum atomic E-state index is 11.9. The Morgan fingerprint density at radius 2 is 1.88 bits per heavy atom. The van der Waals surface area contributed by atoms with Crippen LogP contribution in [-0.4, -0.2) is 19.1 Å². The number of allylic oxidation sites excluding steroid dienone is 2. The summed E-state index contributed by atoms with van der Waals surface area (Å²) in [5.74, 6) is -0.375. The molecule has 0 radical (unpaired) electrons. The van der Waals surface area contributed by atoms with Crippen LogP contribution < -0.4 is 11.5 Å². The Morgan fingerprint density at radius 3 is 2.46 bits per heavy atom. The molecule has 0 atom stereocenters. The third-order valence-corrected chi connectivity index (χ3v) is 5.56. The summed E-state index contributed by atoms with van der Waals surface area (Å²) in [4.78, 5) is 11.9. The van der Waals surface area contributed by atoms with Gasteiger partial charge in [-0.1, -0.05) is 26.0 Å². The highest BCUT2D eigenvalue weighted by Gasteiger charge is 2.31. The zero-order chi connectivity index (χ0) is 17.4. The first-order valence-corrected chi connectivity index (χ1v) is 8.81. The van der Waals surface area contributed by atoms with Gasteiger partial charge in [-0.05, 0) is 66.4 Å². The van der Waals surface area contributed by atoms with Crippen molar-refractivity contribution < 1.29 is 9.53 Å². The second-order valence-electron chi connectivity index (χ2n) is 7.99. The van der Waals surface area contributed by atoms with Gasteiger partial charge in [0.1, 0.15) is 0 Å². The molecule has 4 nitrogen and oxygen atoms in total. The van der Waals surface area contributed by atoms with E-state index in [1.165, 1.54) is 5.57 Å². The summed E-state index contributed by atoms with van der Waals surface area (Å²) >= 11 is 0. The van der Waals surface area contributed by atoms with Gasteiger partial charge in [-0.25, -0.2) is 0 Å². The number of carbonyl (C=O) groups excluding carboxylic acids is 1. The van der Waals surface area contributed by atoms with Crippen LogP contribution in [0.25, 0.3) is 5.57 Å². The van der Waals surface area contributed by atoms with E-state index in [1.54, 1.807) is 0 Å². The highest BCUT2D eigenvalue weighted by molar-refractivity contribution is 5.98. The van der Waals surface area contributed by atoms with Crippen LogP contribution in [0.1, 0.15) is 67.4 Å². The molecule has 1 amide bonds. The minimum absolute atomic E-state index is 0.323. The fourth-order valence-electron chi connectivity index (χ4n) is 3.68. The number of nitrogens with two attached hydrogens (primary N) is 2. The largest absolute Gasteiger partial charge is 0.381 e. The lowest BCUT2D eigenvalue weighted by Gasteiger charge is -2.35. The molecule has 24 heavy (non-hydrogen) atoms. The first kappa shape index (κ1) is 17.2. The van der Waals surface area contributed by atoms with Crippen LogP contribution in [0.2, 0.25) is 0 Å². The second kappa shape index (κ2) is 6.34. The molecular formula is C20H28N2O2. The van der Waals surface area contributed by atoms with Gasteiger partial charge in [0.25, 0.3) is 0 Å². The van der Waals surface area contributed by atoms with Gasteiger partial charge in [0.2, 0.25) is 5.91 Å². The summed E-state index contributed by atoms with van der Waals surface area (Å²) in [5.41, 5.74) is 16.1. The van der Waals surface area contributed by atoms with Gasteiger partial charge < -0.3 is 16.2 Å². The molecule has 1 aromatic rings. The van der Waals surface area contributed by atoms with Crippen LogP contribution >= 0.6 is 0 Å². The minimum atomic E-state index is -0.377. The van der Waals surface area contributed by atoms with Crippen LogP contribution in [0.5, 0.6) is 0 Å². The number of benzene rings is 1. The van der Waals surface area contributed by atoms with Crippen molar-refractivity contribution in [2.24, 2.45) is 16.9 Å². The van der Waals surface area contributed by atoms with E-state index in [0.29, 0.717) is 24.2 Å². The van der Waals surface area contributed by atoms with E-state index >= 15 is 0 Å². The van der Waals surface area contributed by atoms with Crippen molar-refractivity contribution in [2.45, 2.75) is 51.5 Å². The van der Waals surface area contributed by atoms with E-state index in [1.807, 2.05) is 12.1 Å². The number of amides is 1. The molecule has 4 heteroatoms. The van der Waals surface area contributed by atoms with E-state index in [0.717, 1.165) is 43.2 Å². The number of hydrogen-bond acceptors (Lipinski definition) is 3. The predicted octanol–water partition coefficient (Wildman–Crippen LogP) is 3.34. The summed E-state index contributed by atoms with van der Waals surface area (Å²) in [5, 5.41) is 0. The molecule has 0 saturated carbocycles. The van der Waals surface area contributed by atoms with Crippen molar-refractivity contribution in [3.8, 4) is 0 Å². The maximum absolute atomic E-state index is 11.9. The van der Waals surface area contributed by atoms with Gasteiger partial charge in [-0.2, -0.15) is 0 Å². The van der Waals surface area contributed by atoms with Crippen molar-refractivity contribution in [1.82, 2.24) is 0 Å². The Morgan fingerprint density at radius 1 is 1.17 bits per heavy atom. The van der Waals surface area contributed by atoms with Gasteiger partial charge in [0, 0.05) is 24.3 Å². The summed E-state index contributed by atoms with van der Waals surface area (Å²) in [6.07, 6.45) is 6.97. The van der Waals surface area contributed by atoms with Crippen LogP contribution in [0.3, 0.4) is 0 Å². The van der Waals surface area contributed by atoms with Crippen molar-refractivity contribution in [3.05, 3.63) is 41.0 Å². The van der Waals surface area contributed by atoms with E-state index in [-0.39, 0.29) is 11.4 Å². The molecule has 1 saturated heterocycles. The summed E-state index contributed by atoms with van der Waals surface area (Å²) < 4.78 is 5.45. The number of carbonyl (C=O) groups is 1. The third kappa shape index (κ3) is 3.40. The molecule has 1 aliphatic heterocycles. The fourth-order valence-corrected chi connectivity index (χ4v) is 3.68. The third-order valence-electron chi connectivity index (χ3n) is 5.56. The quantitative estimate of drug-likeness (QED) is 0.893. The summed E-state index contributed by atoms with van der Waals surface area (Å²) in [6, 6.07) is 5.90. The number of primary amides is 1. The molecule has 1 fully saturated rings. The number of rotatable bonds is 3. The summed E-state index contributed by atoms with van der Waals surface area (Å²) in [7, 11) is 0. The van der Waals surface area contributed by atoms with E-state index in [4.69, 9.17) is 16.2 Å². The Hall–Kier alpha value is -1.65. The Balaban J connectivity index is 2.01. The average Bonchev–Trinajstić information content (AvgIpc) is 2.55. The molecule has 0 bridgehead atoms. The van der Waals surface area contributed by atoms with Gasteiger partial charge in [0.15, 0.2) is 0 Å². The zero-order valence-corrected chi connectivity index (χ0v) is 14.7. The Labute approximate surface area is 144 Å². The first-order valence-electron chi connectivity index (χ1n) is 8.81. The maximum Gasteiger partial charge on any atom is 0.249 e. The molecule has 0 spiro atoms. The lowest BCUT2D eigenvalue weighted by Crippen LogP contribution is -2.42. The Kier molecular flexibility index (Phi) is 4.54. The summed E-state index contributed by atoms with van der Waals surface area (Å²) in [6.45, 7) is 5.92. The molecule has 1 aliphatic carbocycles. The second-order valence-corrected chi connectivity index (χ2v) is 7.99. The van der Waals surface area contributed by atoms with Gasteiger partial charge in [0.05, 0.1) is 0 Å². The standard InChI is InChI=1S/C20H28N2O2/c1-19(2)7-5-14(6-8-19)17-13-15(3-4-16(17)18(21)23)20(22)9-11-24-12-10-20/h3-5,13H,6-12,22H2,1-2H3,(H2,21,23). The molecule has 130 valence electrons. The van der Waals surface area contributed by atoms with E-state index in [2.05, 4.69) is 26.0 Å². The molecular weight excluding hydrogens is 300 g/mol. The van der Waals surface area contributed by atoms with E-state index < -0.39 is 0 Å². The zero-order valence-electron chi connectivity index (χ0n) is 14.7. The molecule has 1 heterocycles. The van der Waals surface area contributed by atoms with Crippen molar-refractivity contribution >= 4 is 11.5 Å². The molecule has 0 unspecified atom stereocenters. The monoisotopic (exact) mass is 328 g/mol. The van der Waals surface area contributed by atoms with Crippen LogP contribution in [-0.2, 0) is 10.3 Å². The SMILES string of the molecule is CC1(C)CC=C(c2cc(C3(N)CCOCC3)ccc2C(N)=O)CC1.